The van der Waals surface area contributed by atoms with E-state index in [1.54, 1.807) is 18.7 Å². The molecule has 0 aromatic heterocycles. The van der Waals surface area contributed by atoms with Crippen molar-refractivity contribution >= 4 is 11.9 Å². The maximum atomic E-state index is 12.6. The van der Waals surface area contributed by atoms with Gasteiger partial charge in [-0.3, -0.25) is 9.59 Å². The van der Waals surface area contributed by atoms with Crippen molar-refractivity contribution in [2.45, 2.75) is 39.7 Å². The Labute approximate surface area is 137 Å². The molecule has 5 nitrogen and oxygen atoms in total. The second-order valence-electron chi connectivity index (χ2n) is 5.95. The van der Waals surface area contributed by atoms with Crippen LogP contribution in [0.25, 0.3) is 0 Å². The van der Waals surface area contributed by atoms with Crippen molar-refractivity contribution in [3.8, 4) is 5.75 Å². The number of hydrogen-bond donors (Lipinski definition) is 0. The summed E-state index contributed by atoms with van der Waals surface area (Å²) in [5.41, 5.74) is 1.09. The Kier molecular flexibility index (Phi) is 6.02. The van der Waals surface area contributed by atoms with Gasteiger partial charge in [0, 0.05) is 13.1 Å². The van der Waals surface area contributed by atoms with Crippen LogP contribution < -0.4 is 4.74 Å². The van der Waals surface area contributed by atoms with Gasteiger partial charge in [0.25, 0.3) is 5.91 Å². The monoisotopic (exact) mass is 319 g/mol. The summed E-state index contributed by atoms with van der Waals surface area (Å²) in [4.78, 5) is 26.1. The Morgan fingerprint density at radius 2 is 2.17 bits per heavy atom. The quantitative estimate of drug-likeness (QED) is 0.783. The SMILES string of the molecule is CCOC(=O)[C@@H]1CCCN(C(=O)[C@H](C)Oc2cccc(C)c2)C1. The fourth-order valence-electron chi connectivity index (χ4n) is 2.83. The van der Waals surface area contributed by atoms with Crippen LogP contribution in [-0.2, 0) is 14.3 Å². The van der Waals surface area contributed by atoms with Gasteiger partial charge in [-0.1, -0.05) is 12.1 Å². The van der Waals surface area contributed by atoms with Crippen molar-refractivity contribution in [3.05, 3.63) is 29.8 Å². The van der Waals surface area contributed by atoms with Crippen LogP contribution in [0.1, 0.15) is 32.3 Å². The van der Waals surface area contributed by atoms with E-state index in [0.29, 0.717) is 25.4 Å². The number of nitrogens with zero attached hydrogens (tertiary/aromatic N) is 1. The smallest absolute Gasteiger partial charge is 0.310 e. The highest BCUT2D eigenvalue weighted by Crippen LogP contribution is 2.20. The number of carbonyl (C=O) groups is 2. The number of likely N-dealkylation sites (tertiary alicyclic amines) is 1. The molecule has 2 rings (SSSR count). The molecule has 1 aromatic carbocycles. The highest BCUT2D eigenvalue weighted by molar-refractivity contribution is 5.82. The van der Waals surface area contributed by atoms with Crippen LogP contribution in [0.2, 0.25) is 0 Å². The van der Waals surface area contributed by atoms with Crippen LogP contribution in [0.5, 0.6) is 5.75 Å². The lowest BCUT2D eigenvalue weighted by molar-refractivity contribution is -0.152. The van der Waals surface area contributed by atoms with Crippen molar-refractivity contribution in [2.75, 3.05) is 19.7 Å². The van der Waals surface area contributed by atoms with Gasteiger partial charge in [-0.25, -0.2) is 0 Å². The molecule has 1 aliphatic rings. The van der Waals surface area contributed by atoms with Crippen LogP contribution in [-0.4, -0.2) is 42.6 Å². The van der Waals surface area contributed by atoms with Gasteiger partial charge in [0.1, 0.15) is 5.75 Å². The average Bonchev–Trinajstić information content (AvgIpc) is 2.54. The van der Waals surface area contributed by atoms with E-state index < -0.39 is 6.10 Å². The molecule has 0 bridgehead atoms. The van der Waals surface area contributed by atoms with Gasteiger partial charge in [0.2, 0.25) is 0 Å². The third-order valence-electron chi connectivity index (χ3n) is 4.00. The van der Waals surface area contributed by atoms with E-state index in [1.807, 2.05) is 31.2 Å². The third kappa shape index (κ3) is 4.71. The molecule has 1 saturated heterocycles. The minimum atomic E-state index is -0.572. The standard InChI is InChI=1S/C18H25NO4/c1-4-22-18(21)15-8-6-10-19(12-15)17(20)14(3)23-16-9-5-7-13(2)11-16/h5,7,9,11,14-15H,4,6,8,10,12H2,1-3H3/t14-,15+/m0/s1. The van der Waals surface area contributed by atoms with Crippen LogP contribution in [0.4, 0.5) is 0 Å². The zero-order valence-electron chi connectivity index (χ0n) is 14.1. The summed E-state index contributed by atoms with van der Waals surface area (Å²) < 4.78 is 10.8. The molecule has 0 unspecified atom stereocenters. The largest absolute Gasteiger partial charge is 0.481 e. The molecule has 0 aliphatic carbocycles. The zero-order chi connectivity index (χ0) is 16.8. The number of ether oxygens (including phenoxy) is 2. The number of benzene rings is 1. The summed E-state index contributed by atoms with van der Waals surface area (Å²) in [6.07, 6.45) is 1.01. The first-order chi connectivity index (χ1) is 11.0. The van der Waals surface area contributed by atoms with Crippen molar-refractivity contribution in [3.63, 3.8) is 0 Å². The summed E-state index contributed by atoms with van der Waals surface area (Å²) in [7, 11) is 0. The van der Waals surface area contributed by atoms with Gasteiger partial charge in [-0.2, -0.15) is 0 Å². The normalized spacial score (nSPS) is 19.1. The lowest BCUT2D eigenvalue weighted by Gasteiger charge is -2.33. The number of carbonyl (C=O) groups excluding carboxylic acids is 2. The van der Waals surface area contributed by atoms with Crippen LogP contribution in [0.3, 0.4) is 0 Å². The van der Waals surface area contributed by atoms with Gasteiger partial charge in [-0.15, -0.1) is 0 Å². The van der Waals surface area contributed by atoms with Gasteiger partial charge in [-0.05, 0) is 51.3 Å². The van der Waals surface area contributed by atoms with Crippen LogP contribution in [0.15, 0.2) is 24.3 Å². The maximum Gasteiger partial charge on any atom is 0.310 e. The molecule has 23 heavy (non-hydrogen) atoms. The molecule has 1 aromatic rings. The molecule has 1 fully saturated rings. The summed E-state index contributed by atoms with van der Waals surface area (Å²) >= 11 is 0. The Morgan fingerprint density at radius 1 is 1.39 bits per heavy atom. The second kappa shape index (κ2) is 7.99. The molecule has 0 spiro atoms. The van der Waals surface area contributed by atoms with E-state index in [9.17, 15) is 9.59 Å². The van der Waals surface area contributed by atoms with Gasteiger partial charge in [0.05, 0.1) is 12.5 Å². The summed E-state index contributed by atoms with van der Waals surface area (Å²) in [5, 5.41) is 0. The molecule has 1 aliphatic heterocycles. The van der Waals surface area contributed by atoms with E-state index in [-0.39, 0.29) is 17.8 Å². The number of amides is 1. The summed E-state index contributed by atoms with van der Waals surface area (Å²) in [6.45, 7) is 6.97. The number of esters is 1. The Hall–Kier alpha value is -2.04. The van der Waals surface area contributed by atoms with Crippen molar-refractivity contribution in [1.29, 1.82) is 0 Å². The lowest BCUT2D eigenvalue weighted by Crippen LogP contribution is -2.47. The molecule has 1 amide bonds. The molecule has 1 heterocycles. The van der Waals surface area contributed by atoms with Crippen molar-refractivity contribution in [2.24, 2.45) is 5.92 Å². The number of hydrogen-bond acceptors (Lipinski definition) is 4. The highest BCUT2D eigenvalue weighted by Gasteiger charge is 2.31. The minimum Gasteiger partial charge on any atom is -0.481 e. The van der Waals surface area contributed by atoms with E-state index in [1.165, 1.54) is 0 Å². The number of rotatable bonds is 5. The molecule has 0 N–H and O–H groups in total. The molecular weight excluding hydrogens is 294 g/mol. The van der Waals surface area contributed by atoms with E-state index in [4.69, 9.17) is 9.47 Å². The Bertz CT molecular complexity index is 558. The van der Waals surface area contributed by atoms with E-state index >= 15 is 0 Å². The van der Waals surface area contributed by atoms with E-state index in [2.05, 4.69) is 0 Å². The Morgan fingerprint density at radius 3 is 2.87 bits per heavy atom. The fourth-order valence-corrected chi connectivity index (χ4v) is 2.83. The first-order valence-corrected chi connectivity index (χ1v) is 8.20. The topological polar surface area (TPSA) is 55.8 Å². The number of piperidine rings is 1. The van der Waals surface area contributed by atoms with Crippen LogP contribution in [0, 0.1) is 12.8 Å². The predicted octanol–water partition coefficient (Wildman–Crippen LogP) is 2.56. The average molecular weight is 319 g/mol. The van der Waals surface area contributed by atoms with Gasteiger partial charge in [0.15, 0.2) is 6.10 Å². The Balaban J connectivity index is 1.94. The van der Waals surface area contributed by atoms with Gasteiger partial charge >= 0.3 is 5.97 Å². The minimum absolute atomic E-state index is 0.0829. The zero-order valence-corrected chi connectivity index (χ0v) is 14.1. The first kappa shape index (κ1) is 17.3. The summed E-state index contributed by atoms with van der Waals surface area (Å²) in [6, 6.07) is 7.63. The molecule has 5 heteroatoms. The molecule has 0 radical (unpaired) electrons. The highest BCUT2D eigenvalue weighted by atomic mass is 16.5. The predicted molar refractivity (Wildman–Crippen MR) is 87.2 cm³/mol. The summed E-state index contributed by atoms with van der Waals surface area (Å²) in [5.74, 6) is 0.168. The molecule has 126 valence electrons. The molecule has 0 saturated carbocycles. The van der Waals surface area contributed by atoms with E-state index in [0.717, 1.165) is 18.4 Å². The molecule has 2 atom stereocenters. The second-order valence-corrected chi connectivity index (χ2v) is 5.95. The van der Waals surface area contributed by atoms with Crippen molar-refractivity contribution < 1.29 is 19.1 Å². The van der Waals surface area contributed by atoms with Crippen molar-refractivity contribution in [1.82, 2.24) is 4.90 Å². The van der Waals surface area contributed by atoms with Crippen LogP contribution >= 0.6 is 0 Å². The maximum absolute atomic E-state index is 12.6. The first-order valence-electron chi connectivity index (χ1n) is 8.20. The third-order valence-corrected chi connectivity index (χ3v) is 4.00. The molecular formula is C18H25NO4. The van der Waals surface area contributed by atoms with Gasteiger partial charge < -0.3 is 14.4 Å². The fraction of sp³-hybridized carbons (Fsp3) is 0.556. The lowest BCUT2D eigenvalue weighted by atomic mass is 9.98. The number of aryl methyl sites for hydroxylation is 1.